The highest BCUT2D eigenvalue weighted by Gasteiger charge is 2.40. The number of nitrogens with zero attached hydrogens (tertiary/aromatic N) is 2. The number of terminal acetylenes is 1. The van der Waals surface area contributed by atoms with E-state index in [1.807, 2.05) is 7.05 Å². The van der Waals surface area contributed by atoms with Crippen LogP contribution in [0.1, 0.15) is 37.7 Å². The van der Waals surface area contributed by atoms with Gasteiger partial charge in [-0.05, 0) is 48.8 Å². The second-order valence-corrected chi connectivity index (χ2v) is 7.64. The van der Waals surface area contributed by atoms with Gasteiger partial charge in [-0.1, -0.05) is 36.8 Å². The van der Waals surface area contributed by atoms with Gasteiger partial charge in [0.05, 0.1) is 12.1 Å². The molecule has 7 heteroatoms. The number of benzene rings is 1. The molecule has 1 aromatic rings. The van der Waals surface area contributed by atoms with Crippen molar-refractivity contribution in [1.29, 1.82) is 0 Å². The lowest BCUT2D eigenvalue weighted by atomic mass is 9.94. The second kappa shape index (κ2) is 8.85. The van der Waals surface area contributed by atoms with E-state index in [-0.39, 0.29) is 18.6 Å². The molecule has 1 heterocycles. The second-order valence-electron chi connectivity index (χ2n) is 6.87. The van der Waals surface area contributed by atoms with Crippen LogP contribution in [0.25, 0.3) is 6.08 Å². The Kier molecular flexibility index (Phi) is 6.48. The Morgan fingerprint density at radius 3 is 2.71 bits per heavy atom. The molecule has 0 bridgehead atoms. The summed E-state index contributed by atoms with van der Waals surface area (Å²) in [5, 5.41) is 0.913. The Hall–Kier alpha value is -2.23. The van der Waals surface area contributed by atoms with E-state index in [2.05, 4.69) is 5.92 Å². The van der Waals surface area contributed by atoms with Crippen molar-refractivity contribution < 1.29 is 14.3 Å². The first-order valence-electron chi connectivity index (χ1n) is 9.24. The molecule has 3 rings (SSSR count). The average Bonchev–Trinajstić information content (AvgIpc) is 2.90. The number of rotatable bonds is 5. The van der Waals surface area contributed by atoms with Crippen LogP contribution in [-0.2, 0) is 4.79 Å². The molecule has 0 unspecified atom stereocenters. The third-order valence-corrected chi connectivity index (χ3v) is 5.84. The summed E-state index contributed by atoms with van der Waals surface area (Å²) in [5.41, 5.74) is 1.24. The van der Waals surface area contributed by atoms with Gasteiger partial charge >= 0.3 is 0 Å². The Morgan fingerprint density at radius 1 is 1.36 bits per heavy atom. The van der Waals surface area contributed by atoms with Gasteiger partial charge in [0.1, 0.15) is 12.3 Å². The minimum atomic E-state index is -0.0675. The van der Waals surface area contributed by atoms with Crippen LogP contribution in [0.4, 0.5) is 0 Å². The van der Waals surface area contributed by atoms with Crippen LogP contribution in [0, 0.1) is 12.3 Å². The van der Waals surface area contributed by atoms with Crippen molar-refractivity contribution in [3.05, 3.63) is 28.4 Å². The smallest absolute Gasteiger partial charge is 0.277 e. The summed E-state index contributed by atoms with van der Waals surface area (Å²) in [5.74, 6) is 3.17. The number of hydrogen-bond donors (Lipinski definition) is 0. The van der Waals surface area contributed by atoms with Gasteiger partial charge < -0.3 is 14.4 Å². The number of methoxy groups -OCH3 is 1. The maximum absolute atomic E-state index is 13.1. The lowest BCUT2D eigenvalue weighted by Crippen LogP contribution is -2.41. The minimum Gasteiger partial charge on any atom is -0.493 e. The molecule has 0 aromatic heterocycles. The molecule has 2 fully saturated rings. The molecule has 2 aliphatic rings. The first kappa shape index (κ1) is 20.5. The average molecular weight is 419 g/mol. The Bertz CT molecular complexity index is 856. The van der Waals surface area contributed by atoms with Gasteiger partial charge in [0.15, 0.2) is 16.6 Å². The van der Waals surface area contributed by atoms with Crippen molar-refractivity contribution in [1.82, 2.24) is 9.80 Å². The van der Waals surface area contributed by atoms with Crippen molar-refractivity contribution in [3.63, 3.8) is 0 Å². The zero-order valence-corrected chi connectivity index (χ0v) is 17.6. The third-order valence-electron chi connectivity index (χ3n) is 5.09. The number of halogens is 1. The number of carbonyl (C=O) groups is 1. The summed E-state index contributed by atoms with van der Waals surface area (Å²) in [7, 11) is 3.34. The van der Waals surface area contributed by atoms with Crippen molar-refractivity contribution >= 4 is 40.9 Å². The SMILES string of the molecule is C#CCOc1c(Cl)cc(C=C2C(=O)N(C3CCCCC3)C(=S)N2C)cc1OC. The van der Waals surface area contributed by atoms with Crippen molar-refractivity contribution in [2.24, 2.45) is 0 Å². The fourth-order valence-electron chi connectivity index (χ4n) is 3.67. The van der Waals surface area contributed by atoms with Gasteiger partial charge in [-0.25, -0.2) is 0 Å². The standard InChI is InChI=1S/C21H23ClN2O3S/c1-4-10-27-19-16(22)11-14(13-18(19)26-3)12-17-20(25)24(21(28)23(17)2)15-8-6-5-7-9-15/h1,11-13,15H,5-10H2,2-3H3. The molecule has 0 atom stereocenters. The molecule has 1 saturated carbocycles. The van der Waals surface area contributed by atoms with E-state index in [9.17, 15) is 4.79 Å². The van der Waals surface area contributed by atoms with Gasteiger partial charge in [-0.15, -0.1) is 6.42 Å². The number of amides is 1. The molecule has 1 aliphatic carbocycles. The Labute approximate surface area is 176 Å². The fourth-order valence-corrected chi connectivity index (χ4v) is 4.28. The van der Waals surface area contributed by atoms with Crippen molar-refractivity contribution in [2.45, 2.75) is 38.1 Å². The molecule has 0 radical (unpaired) electrons. The van der Waals surface area contributed by atoms with Gasteiger partial charge in [-0.3, -0.25) is 9.69 Å². The van der Waals surface area contributed by atoms with E-state index in [0.717, 1.165) is 31.2 Å². The molecular formula is C21H23ClN2O3S. The van der Waals surface area contributed by atoms with E-state index < -0.39 is 0 Å². The highest BCUT2D eigenvalue weighted by molar-refractivity contribution is 7.80. The summed E-state index contributed by atoms with van der Waals surface area (Å²) in [6.45, 7) is 0.0857. The number of hydrogen-bond acceptors (Lipinski definition) is 4. The molecular weight excluding hydrogens is 396 g/mol. The monoisotopic (exact) mass is 418 g/mol. The van der Waals surface area contributed by atoms with Crippen molar-refractivity contribution in [3.8, 4) is 23.8 Å². The lowest BCUT2D eigenvalue weighted by Gasteiger charge is -2.30. The van der Waals surface area contributed by atoms with Gasteiger partial charge in [0, 0.05) is 13.1 Å². The van der Waals surface area contributed by atoms with E-state index in [0.29, 0.717) is 27.3 Å². The van der Waals surface area contributed by atoms with Gasteiger partial charge in [-0.2, -0.15) is 0 Å². The first-order valence-corrected chi connectivity index (χ1v) is 10.0. The number of thiocarbonyl (C=S) groups is 1. The number of carbonyl (C=O) groups excluding carboxylic acids is 1. The Morgan fingerprint density at radius 2 is 2.07 bits per heavy atom. The normalized spacial score (nSPS) is 19.3. The van der Waals surface area contributed by atoms with Crippen LogP contribution < -0.4 is 9.47 Å². The molecule has 1 saturated heterocycles. The highest BCUT2D eigenvalue weighted by Crippen LogP contribution is 2.38. The summed E-state index contributed by atoms with van der Waals surface area (Å²) in [6, 6.07) is 3.66. The summed E-state index contributed by atoms with van der Waals surface area (Å²) >= 11 is 11.9. The molecule has 148 valence electrons. The maximum Gasteiger partial charge on any atom is 0.277 e. The van der Waals surface area contributed by atoms with Gasteiger partial charge in [0.2, 0.25) is 0 Å². The highest BCUT2D eigenvalue weighted by atomic mass is 35.5. The predicted octanol–water partition coefficient (Wildman–Crippen LogP) is 4.09. The van der Waals surface area contributed by atoms with E-state index >= 15 is 0 Å². The third kappa shape index (κ3) is 3.96. The molecule has 1 aliphatic heterocycles. The predicted molar refractivity (Wildman–Crippen MR) is 114 cm³/mol. The topological polar surface area (TPSA) is 42.0 Å². The quantitative estimate of drug-likeness (QED) is 0.409. The lowest BCUT2D eigenvalue weighted by molar-refractivity contribution is -0.124. The zero-order valence-electron chi connectivity index (χ0n) is 16.0. The Balaban J connectivity index is 1.92. The molecule has 1 amide bonds. The molecule has 28 heavy (non-hydrogen) atoms. The fraction of sp³-hybridized carbons (Fsp3) is 0.429. The van der Waals surface area contributed by atoms with E-state index in [4.69, 9.17) is 39.7 Å². The molecule has 5 nitrogen and oxygen atoms in total. The van der Waals surface area contributed by atoms with Crippen LogP contribution in [0.15, 0.2) is 17.8 Å². The van der Waals surface area contributed by atoms with Crippen LogP contribution in [-0.4, -0.2) is 47.6 Å². The van der Waals surface area contributed by atoms with Gasteiger partial charge in [0.25, 0.3) is 5.91 Å². The van der Waals surface area contributed by atoms with E-state index in [1.165, 1.54) is 13.5 Å². The molecule has 0 spiro atoms. The number of likely N-dealkylation sites (N-methyl/N-ethyl adjacent to an activating group) is 1. The van der Waals surface area contributed by atoms with Crippen LogP contribution in [0.3, 0.4) is 0 Å². The largest absolute Gasteiger partial charge is 0.493 e. The number of ether oxygens (including phenoxy) is 2. The van der Waals surface area contributed by atoms with Crippen LogP contribution >= 0.6 is 23.8 Å². The first-order chi connectivity index (χ1) is 13.5. The molecule has 0 N–H and O–H groups in total. The van der Waals surface area contributed by atoms with Crippen LogP contribution in [0.5, 0.6) is 11.5 Å². The maximum atomic E-state index is 13.1. The summed E-state index contributed by atoms with van der Waals surface area (Å²) in [4.78, 5) is 16.6. The summed E-state index contributed by atoms with van der Waals surface area (Å²) in [6.07, 6.45) is 12.5. The summed E-state index contributed by atoms with van der Waals surface area (Å²) < 4.78 is 10.8. The minimum absolute atomic E-state index is 0.0675. The van der Waals surface area contributed by atoms with Crippen molar-refractivity contribution in [2.75, 3.05) is 20.8 Å². The zero-order chi connectivity index (χ0) is 20.3. The van der Waals surface area contributed by atoms with Crippen LogP contribution in [0.2, 0.25) is 5.02 Å². The van der Waals surface area contributed by atoms with E-state index in [1.54, 1.807) is 28.0 Å². The molecule has 1 aromatic carbocycles.